The number of rotatable bonds is 5. The molecular weight excluding hydrogens is 248 g/mol. The normalized spacial score (nSPS) is 19.9. The van der Waals surface area contributed by atoms with Gasteiger partial charge in [-0.25, -0.2) is 0 Å². The molecular formula is C13H24N2O4. The van der Waals surface area contributed by atoms with Gasteiger partial charge in [-0.3, -0.25) is 14.5 Å². The quantitative estimate of drug-likeness (QED) is 0.665. The van der Waals surface area contributed by atoms with Crippen molar-refractivity contribution < 1.29 is 19.1 Å². The summed E-state index contributed by atoms with van der Waals surface area (Å²) in [5.41, 5.74) is 0. The molecule has 1 fully saturated rings. The Balaban J connectivity index is 2.53. The number of hydrogen-bond acceptors (Lipinski definition) is 5. The number of hydrogen-bond donors (Lipinski definition) is 0. The summed E-state index contributed by atoms with van der Waals surface area (Å²) in [6.45, 7) is 8.05. The first-order chi connectivity index (χ1) is 8.93. The zero-order valence-corrected chi connectivity index (χ0v) is 12.2. The number of nitrogens with zero attached hydrogens (tertiary/aromatic N) is 2. The molecule has 0 radical (unpaired) electrons. The molecule has 0 aliphatic carbocycles. The third-order valence-electron chi connectivity index (χ3n) is 3.22. The van der Waals surface area contributed by atoms with Crippen LogP contribution in [0.3, 0.4) is 0 Å². The Labute approximate surface area is 114 Å². The van der Waals surface area contributed by atoms with E-state index in [9.17, 15) is 9.59 Å². The van der Waals surface area contributed by atoms with Gasteiger partial charge in [-0.15, -0.1) is 0 Å². The minimum Gasteiger partial charge on any atom is -0.468 e. The highest BCUT2D eigenvalue weighted by molar-refractivity contribution is 5.79. The molecule has 1 heterocycles. The van der Waals surface area contributed by atoms with Gasteiger partial charge >= 0.3 is 5.97 Å². The van der Waals surface area contributed by atoms with Crippen LogP contribution in [-0.4, -0.2) is 73.7 Å². The smallest absolute Gasteiger partial charge is 0.319 e. The van der Waals surface area contributed by atoms with Crippen molar-refractivity contribution in [3.63, 3.8) is 0 Å². The summed E-state index contributed by atoms with van der Waals surface area (Å²) in [6.07, 6.45) is 0.0748. The highest BCUT2D eigenvalue weighted by atomic mass is 16.5. The topological polar surface area (TPSA) is 59.1 Å². The summed E-state index contributed by atoms with van der Waals surface area (Å²) >= 11 is 0. The van der Waals surface area contributed by atoms with Crippen molar-refractivity contribution in [2.45, 2.75) is 32.9 Å². The van der Waals surface area contributed by atoms with E-state index in [-0.39, 0.29) is 37.1 Å². The van der Waals surface area contributed by atoms with E-state index in [0.29, 0.717) is 19.7 Å². The lowest BCUT2D eigenvalue weighted by Gasteiger charge is -2.33. The third-order valence-corrected chi connectivity index (χ3v) is 3.22. The molecule has 0 N–H and O–H groups in total. The maximum atomic E-state index is 12.2. The lowest BCUT2D eigenvalue weighted by Crippen LogP contribution is -2.50. The number of esters is 1. The molecule has 19 heavy (non-hydrogen) atoms. The highest BCUT2D eigenvalue weighted by Crippen LogP contribution is 2.07. The molecule has 1 aliphatic heterocycles. The Morgan fingerprint density at radius 3 is 2.63 bits per heavy atom. The fraction of sp³-hybridized carbons (Fsp3) is 0.846. The van der Waals surface area contributed by atoms with E-state index in [2.05, 4.69) is 4.74 Å². The van der Waals surface area contributed by atoms with E-state index in [1.165, 1.54) is 7.11 Å². The van der Waals surface area contributed by atoms with Crippen LogP contribution in [0.15, 0.2) is 0 Å². The van der Waals surface area contributed by atoms with E-state index in [0.717, 1.165) is 0 Å². The monoisotopic (exact) mass is 272 g/mol. The van der Waals surface area contributed by atoms with Gasteiger partial charge in [0.05, 0.1) is 32.9 Å². The summed E-state index contributed by atoms with van der Waals surface area (Å²) in [7, 11) is 1.35. The average molecular weight is 272 g/mol. The fourth-order valence-corrected chi connectivity index (χ4v) is 1.97. The molecule has 0 aromatic heterocycles. The van der Waals surface area contributed by atoms with Crippen LogP contribution in [0.1, 0.15) is 20.8 Å². The minimum atomic E-state index is -0.322. The number of morpholine rings is 1. The van der Waals surface area contributed by atoms with E-state index in [1.54, 1.807) is 4.90 Å². The predicted molar refractivity (Wildman–Crippen MR) is 70.7 cm³/mol. The number of methoxy groups -OCH3 is 1. The molecule has 1 aliphatic rings. The van der Waals surface area contributed by atoms with Crippen LogP contribution in [0.2, 0.25) is 0 Å². The summed E-state index contributed by atoms with van der Waals surface area (Å²) < 4.78 is 10.1. The number of ether oxygens (including phenoxy) is 2. The lowest BCUT2D eigenvalue weighted by atomic mass is 10.2. The van der Waals surface area contributed by atoms with Crippen molar-refractivity contribution in [3.05, 3.63) is 0 Å². The van der Waals surface area contributed by atoms with Crippen molar-refractivity contribution >= 4 is 11.9 Å². The average Bonchev–Trinajstić information content (AvgIpc) is 2.37. The molecule has 1 amide bonds. The van der Waals surface area contributed by atoms with E-state index < -0.39 is 0 Å². The van der Waals surface area contributed by atoms with Gasteiger partial charge in [0, 0.05) is 19.1 Å². The van der Waals surface area contributed by atoms with E-state index in [4.69, 9.17) is 4.74 Å². The Hall–Kier alpha value is -1.14. The summed E-state index contributed by atoms with van der Waals surface area (Å²) in [6, 6.07) is 0.113. The molecule has 1 unspecified atom stereocenters. The number of carbonyl (C=O) groups excluding carboxylic acids is 2. The molecule has 0 aromatic rings. The third kappa shape index (κ3) is 5.16. The molecule has 110 valence electrons. The standard InChI is InChI=1S/C13H24N2O4/c1-10(2)15(9-13(17)18-4)8-12(16)14-5-6-19-11(3)7-14/h10-11H,5-9H2,1-4H3. The molecule has 1 saturated heterocycles. The van der Waals surface area contributed by atoms with Gasteiger partial charge in [0.2, 0.25) is 5.91 Å². The van der Waals surface area contributed by atoms with Gasteiger partial charge in [-0.05, 0) is 20.8 Å². The van der Waals surface area contributed by atoms with Crippen LogP contribution in [-0.2, 0) is 19.1 Å². The lowest BCUT2D eigenvalue weighted by molar-refractivity contribution is -0.145. The second-order valence-electron chi connectivity index (χ2n) is 5.10. The van der Waals surface area contributed by atoms with Gasteiger partial charge in [0.25, 0.3) is 0 Å². The Kier molecular flexibility index (Phi) is 6.24. The van der Waals surface area contributed by atoms with Crippen LogP contribution in [0.5, 0.6) is 0 Å². The zero-order chi connectivity index (χ0) is 14.4. The van der Waals surface area contributed by atoms with E-state index in [1.807, 2.05) is 25.7 Å². The van der Waals surface area contributed by atoms with Gasteiger partial charge < -0.3 is 14.4 Å². The molecule has 1 atom stereocenters. The van der Waals surface area contributed by atoms with Gasteiger partial charge in [0.15, 0.2) is 0 Å². The maximum absolute atomic E-state index is 12.2. The van der Waals surface area contributed by atoms with Gasteiger partial charge in [0.1, 0.15) is 0 Å². The van der Waals surface area contributed by atoms with Crippen molar-refractivity contribution in [1.29, 1.82) is 0 Å². The van der Waals surface area contributed by atoms with Crippen LogP contribution >= 0.6 is 0 Å². The van der Waals surface area contributed by atoms with E-state index >= 15 is 0 Å². The Morgan fingerprint density at radius 1 is 1.42 bits per heavy atom. The minimum absolute atomic E-state index is 0.0350. The highest BCUT2D eigenvalue weighted by Gasteiger charge is 2.25. The van der Waals surface area contributed by atoms with Crippen LogP contribution in [0.4, 0.5) is 0 Å². The van der Waals surface area contributed by atoms with Crippen molar-refractivity contribution in [3.8, 4) is 0 Å². The number of carbonyl (C=O) groups is 2. The second-order valence-corrected chi connectivity index (χ2v) is 5.10. The first-order valence-electron chi connectivity index (χ1n) is 6.64. The summed E-state index contributed by atoms with van der Waals surface area (Å²) in [5.74, 6) is -0.287. The molecule has 1 rings (SSSR count). The second kappa shape index (κ2) is 7.45. The first kappa shape index (κ1) is 15.9. The number of amides is 1. The van der Waals surface area contributed by atoms with Crippen molar-refractivity contribution in [1.82, 2.24) is 9.80 Å². The van der Waals surface area contributed by atoms with Gasteiger partial charge in [-0.1, -0.05) is 0 Å². The maximum Gasteiger partial charge on any atom is 0.319 e. The molecule has 0 aromatic carbocycles. The fourth-order valence-electron chi connectivity index (χ4n) is 1.97. The molecule has 0 bridgehead atoms. The first-order valence-corrected chi connectivity index (χ1v) is 6.64. The molecule has 6 heteroatoms. The Morgan fingerprint density at radius 2 is 2.11 bits per heavy atom. The summed E-state index contributed by atoms with van der Waals surface area (Å²) in [4.78, 5) is 27.1. The molecule has 0 saturated carbocycles. The molecule has 6 nitrogen and oxygen atoms in total. The largest absolute Gasteiger partial charge is 0.468 e. The summed E-state index contributed by atoms with van der Waals surface area (Å²) in [5, 5.41) is 0. The predicted octanol–water partition coefficient (Wildman–Crippen LogP) is 0.117. The Bertz CT molecular complexity index is 320. The molecule has 0 spiro atoms. The zero-order valence-electron chi connectivity index (χ0n) is 12.2. The van der Waals surface area contributed by atoms with Crippen LogP contribution in [0.25, 0.3) is 0 Å². The van der Waals surface area contributed by atoms with Crippen molar-refractivity contribution in [2.24, 2.45) is 0 Å². The van der Waals surface area contributed by atoms with Crippen molar-refractivity contribution in [2.75, 3.05) is 39.9 Å². The van der Waals surface area contributed by atoms with Gasteiger partial charge in [-0.2, -0.15) is 0 Å². The van der Waals surface area contributed by atoms with Crippen LogP contribution < -0.4 is 0 Å². The SMILES string of the molecule is COC(=O)CN(CC(=O)N1CCOC(C)C1)C(C)C. The van der Waals surface area contributed by atoms with Crippen LogP contribution in [0, 0.1) is 0 Å².